The second-order valence-corrected chi connectivity index (χ2v) is 5.98. The number of carbonyl (C=O) groups excluding carboxylic acids is 2. The highest BCUT2D eigenvalue weighted by Crippen LogP contribution is 2.05. The molecule has 0 aliphatic heterocycles. The van der Waals surface area contributed by atoms with Gasteiger partial charge in [-0.15, -0.1) is 0 Å². The molecule has 1 rings (SSSR count). The Labute approximate surface area is 131 Å². The minimum Gasteiger partial charge on any atom is -0.352 e. The molecule has 0 aliphatic carbocycles. The molecule has 0 aliphatic rings. The predicted molar refractivity (Wildman–Crippen MR) is 88.6 cm³/mol. The summed E-state index contributed by atoms with van der Waals surface area (Å²) in [6, 6.07) is 8.59. The summed E-state index contributed by atoms with van der Waals surface area (Å²) in [5.74, 6) is 0.511. The minimum atomic E-state index is -0.487. The third kappa shape index (κ3) is 6.21. The molecule has 2 atom stereocenters. The highest BCUT2D eigenvalue weighted by molar-refractivity contribution is 7.98. The van der Waals surface area contributed by atoms with Crippen molar-refractivity contribution in [3.05, 3.63) is 35.9 Å². The third-order valence-electron chi connectivity index (χ3n) is 3.27. The van der Waals surface area contributed by atoms with Crippen molar-refractivity contribution < 1.29 is 9.59 Å². The molecule has 1 aromatic carbocycles. The second kappa shape index (κ2) is 9.45. The predicted octanol–water partition coefficient (Wildman–Crippen LogP) is 2.45. The van der Waals surface area contributed by atoms with Gasteiger partial charge in [-0.25, -0.2) is 0 Å². The Kier molecular flexibility index (Phi) is 7.90. The molecule has 0 saturated carbocycles. The zero-order valence-corrected chi connectivity index (χ0v) is 13.7. The zero-order chi connectivity index (χ0) is 15.7. The second-order valence-electron chi connectivity index (χ2n) is 4.99. The Hall–Kier alpha value is -1.49. The van der Waals surface area contributed by atoms with Gasteiger partial charge in [0.25, 0.3) is 5.91 Å². The number of hydrogen-bond acceptors (Lipinski definition) is 3. The number of carbonyl (C=O) groups is 2. The standard InChI is InChI=1S/C16H24N2O2S/c1-4-12(2)17-16(20)14(10-11-21-3)18-15(19)13-8-6-5-7-9-13/h5-9,12,14H,4,10-11H2,1-3H3,(H,17,20)(H,18,19)/t12-,14+/m0/s1. The van der Waals surface area contributed by atoms with Crippen molar-refractivity contribution in [3.63, 3.8) is 0 Å². The molecule has 2 amide bonds. The average Bonchev–Trinajstić information content (AvgIpc) is 2.51. The molecule has 0 fully saturated rings. The summed E-state index contributed by atoms with van der Waals surface area (Å²) in [5.41, 5.74) is 0.572. The highest BCUT2D eigenvalue weighted by Gasteiger charge is 2.21. The summed E-state index contributed by atoms with van der Waals surface area (Å²) in [7, 11) is 0. The summed E-state index contributed by atoms with van der Waals surface area (Å²) in [5, 5.41) is 5.77. The van der Waals surface area contributed by atoms with E-state index < -0.39 is 6.04 Å². The number of benzene rings is 1. The van der Waals surface area contributed by atoms with E-state index >= 15 is 0 Å². The third-order valence-corrected chi connectivity index (χ3v) is 3.91. The first-order chi connectivity index (χ1) is 10.1. The van der Waals surface area contributed by atoms with Gasteiger partial charge in [-0.3, -0.25) is 9.59 Å². The lowest BCUT2D eigenvalue weighted by Gasteiger charge is -2.20. The van der Waals surface area contributed by atoms with E-state index in [1.165, 1.54) is 0 Å². The van der Waals surface area contributed by atoms with Gasteiger partial charge in [0, 0.05) is 11.6 Å². The van der Waals surface area contributed by atoms with Crippen LogP contribution in [0.4, 0.5) is 0 Å². The largest absolute Gasteiger partial charge is 0.352 e. The summed E-state index contributed by atoms with van der Waals surface area (Å²) < 4.78 is 0. The smallest absolute Gasteiger partial charge is 0.251 e. The van der Waals surface area contributed by atoms with Crippen LogP contribution in [-0.2, 0) is 4.79 Å². The lowest BCUT2D eigenvalue weighted by molar-refractivity contribution is -0.123. The number of nitrogens with one attached hydrogen (secondary N) is 2. The molecule has 0 bridgehead atoms. The van der Waals surface area contributed by atoms with Crippen LogP contribution in [0.15, 0.2) is 30.3 Å². The van der Waals surface area contributed by atoms with Gasteiger partial charge in [-0.2, -0.15) is 11.8 Å². The van der Waals surface area contributed by atoms with Crippen molar-refractivity contribution in [2.45, 2.75) is 38.8 Å². The van der Waals surface area contributed by atoms with E-state index in [1.807, 2.05) is 38.3 Å². The summed E-state index contributed by atoms with van der Waals surface area (Å²) >= 11 is 1.66. The van der Waals surface area contributed by atoms with E-state index in [1.54, 1.807) is 23.9 Å². The van der Waals surface area contributed by atoms with E-state index in [0.29, 0.717) is 12.0 Å². The fourth-order valence-electron chi connectivity index (χ4n) is 1.78. The van der Waals surface area contributed by atoms with Gasteiger partial charge in [0.15, 0.2) is 0 Å². The first kappa shape index (κ1) is 17.6. The summed E-state index contributed by atoms with van der Waals surface area (Å²) in [6.07, 6.45) is 3.48. The van der Waals surface area contributed by atoms with Gasteiger partial charge < -0.3 is 10.6 Å². The Morgan fingerprint density at radius 1 is 1.19 bits per heavy atom. The van der Waals surface area contributed by atoms with E-state index in [0.717, 1.165) is 12.2 Å². The topological polar surface area (TPSA) is 58.2 Å². The van der Waals surface area contributed by atoms with Crippen LogP contribution in [0, 0.1) is 0 Å². The van der Waals surface area contributed by atoms with Gasteiger partial charge in [0.2, 0.25) is 5.91 Å². The van der Waals surface area contributed by atoms with Crippen molar-refractivity contribution in [3.8, 4) is 0 Å². The van der Waals surface area contributed by atoms with Crippen LogP contribution in [0.3, 0.4) is 0 Å². The lowest BCUT2D eigenvalue weighted by Crippen LogP contribution is -2.49. The van der Waals surface area contributed by atoms with Gasteiger partial charge in [0.1, 0.15) is 6.04 Å². The Bertz CT molecular complexity index is 451. The molecule has 0 spiro atoms. The lowest BCUT2D eigenvalue weighted by atomic mass is 10.1. The number of amides is 2. The molecule has 0 unspecified atom stereocenters. The van der Waals surface area contributed by atoms with Crippen LogP contribution in [0.2, 0.25) is 0 Å². The normalized spacial score (nSPS) is 13.3. The van der Waals surface area contributed by atoms with E-state index in [4.69, 9.17) is 0 Å². The van der Waals surface area contributed by atoms with Crippen molar-refractivity contribution in [2.75, 3.05) is 12.0 Å². The van der Waals surface area contributed by atoms with Crippen molar-refractivity contribution in [1.29, 1.82) is 0 Å². The van der Waals surface area contributed by atoms with E-state index in [2.05, 4.69) is 10.6 Å². The molecule has 0 radical (unpaired) electrons. The first-order valence-corrected chi connectivity index (χ1v) is 8.63. The Balaban J connectivity index is 2.69. The molecule has 1 aromatic rings. The Morgan fingerprint density at radius 3 is 2.43 bits per heavy atom. The maximum atomic E-state index is 12.3. The quantitative estimate of drug-likeness (QED) is 0.775. The Morgan fingerprint density at radius 2 is 1.86 bits per heavy atom. The zero-order valence-electron chi connectivity index (χ0n) is 12.9. The highest BCUT2D eigenvalue weighted by atomic mass is 32.2. The van der Waals surface area contributed by atoms with Gasteiger partial charge in [-0.1, -0.05) is 25.1 Å². The molecular weight excluding hydrogens is 284 g/mol. The molecule has 5 heteroatoms. The van der Waals surface area contributed by atoms with Crippen LogP contribution < -0.4 is 10.6 Å². The van der Waals surface area contributed by atoms with Gasteiger partial charge in [0.05, 0.1) is 0 Å². The van der Waals surface area contributed by atoms with Crippen molar-refractivity contribution >= 4 is 23.6 Å². The van der Waals surface area contributed by atoms with Crippen LogP contribution in [0.5, 0.6) is 0 Å². The average molecular weight is 308 g/mol. The molecule has 4 nitrogen and oxygen atoms in total. The van der Waals surface area contributed by atoms with Crippen molar-refractivity contribution in [1.82, 2.24) is 10.6 Å². The molecule has 2 N–H and O–H groups in total. The summed E-state index contributed by atoms with van der Waals surface area (Å²) in [6.45, 7) is 3.98. The molecule has 21 heavy (non-hydrogen) atoms. The molecule has 0 saturated heterocycles. The molecular formula is C16H24N2O2S. The fraction of sp³-hybridized carbons (Fsp3) is 0.500. The number of thioether (sulfide) groups is 1. The molecule has 0 aromatic heterocycles. The van der Waals surface area contributed by atoms with Crippen LogP contribution in [0.25, 0.3) is 0 Å². The van der Waals surface area contributed by atoms with E-state index in [-0.39, 0.29) is 17.9 Å². The monoisotopic (exact) mass is 308 g/mol. The maximum Gasteiger partial charge on any atom is 0.251 e. The van der Waals surface area contributed by atoms with Crippen LogP contribution in [0.1, 0.15) is 37.0 Å². The van der Waals surface area contributed by atoms with Crippen molar-refractivity contribution in [2.24, 2.45) is 0 Å². The number of hydrogen-bond donors (Lipinski definition) is 2. The minimum absolute atomic E-state index is 0.109. The first-order valence-electron chi connectivity index (χ1n) is 7.23. The molecule has 116 valence electrons. The van der Waals surface area contributed by atoms with Crippen LogP contribution >= 0.6 is 11.8 Å². The van der Waals surface area contributed by atoms with Gasteiger partial charge >= 0.3 is 0 Å². The molecule has 0 heterocycles. The van der Waals surface area contributed by atoms with E-state index in [9.17, 15) is 9.59 Å². The SMILES string of the molecule is CC[C@H](C)NC(=O)[C@@H](CCSC)NC(=O)c1ccccc1. The maximum absolute atomic E-state index is 12.3. The van der Waals surface area contributed by atoms with Gasteiger partial charge in [-0.05, 0) is 43.9 Å². The number of rotatable bonds is 8. The fourth-order valence-corrected chi connectivity index (χ4v) is 2.25. The van der Waals surface area contributed by atoms with Crippen LogP contribution in [-0.4, -0.2) is 35.9 Å². The summed E-state index contributed by atoms with van der Waals surface area (Å²) in [4.78, 5) is 24.4.